The van der Waals surface area contributed by atoms with E-state index >= 15 is 0 Å². The van der Waals surface area contributed by atoms with Crippen LogP contribution < -0.4 is 5.32 Å². The first-order valence-corrected chi connectivity index (χ1v) is 7.63. The largest absolute Gasteiger partial charge is 0.317 e. The SMILES string of the molecule is CCNCCCc1c(C)nc(Cc2ccncc2)nc1C. The van der Waals surface area contributed by atoms with Gasteiger partial charge in [0.15, 0.2) is 0 Å². The van der Waals surface area contributed by atoms with Gasteiger partial charge in [0.05, 0.1) is 0 Å². The number of aromatic nitrogens is 3. The lowest BCUT2D eigenvalue weighted by atomic mass is 10.1. The number of hydrogen-bond donors (Lipinski definition) is 1. The summed E-state index contributed by atoms with van der Waals surface area (Å²) in [6, 6.07) is 4.02. The topological polar surface area (TPSA) is 50.7 Å². The lowest BCUT2D eigenvalue weighted by Crippen LogP contribution is -2.15. The predicted octanol–water partition coefficient (Wildman–Crippen LogP) is 2.62. The first-order valence-electron chi connectivity index (χ1n) is 7.63. The van der Waals surface area contributed by atoms with Crippen molar-refractivity contribution in [2.24, 2.45) is 0 Å². The van der Waals surface area contributed by atoms with Gasteiger partial charge in [-0.15, -0.1) is 0 Å². The number of hydrogen-bond acceptors (Lipinski definition) is 4. The molecule has 0 fully saturated rings. The van der Waals surface area contributed by atoms with Crippen molar-refractivity contribution in [3.8, 4) is 0 Å². The zero-order valence-electron chi connectivity index (χ0n) is 13.2. The number of rotatable bonds is 7. The fourth-order valence-corrected chi connectivity index (χ4v) is 2.50. The molecule has 0 bridgehead atoms. The van der Waals surface area contributed by atoms with Crippen LogP contribution in [0.4, 0.5) is 0 Å². The van der Waals surface area contributed by atoms with E-state index in [1.807, 2.05) is 24.5 Å². The minimum Gasteiger partial charge on any atom is -0.317 e. The molecule has 0 saturated heterocycles. The van der Waals surface area contributed by atoms with Gasteiger partial charge in [0.2, 0.25) is 0 Å². The second-order valence-electron chi connectivity index (χ2n) is 5.28. The Morgan fingerprint density at radius 3 is 2.33 bits per heavy atom. The van der Waals surface area contributed by atoms with E-state index in [-0.39, 0.29) is 0 Å². The third-order valence-corrected chi connectivity index (χ3v) is 3.61. The monoisotopic (exact) mass is 284 g/mol. The lowest BCUT2D eigenvalue weighted by Gasteiger charge is -2.11. The molecule has 4 heteroatoms. The van der Waals surface area contributed by atoms with Gasteiger partial charge >= 0.3 is 0 Å². The molecule has 4 nitrogen and oxygen atoms in total. The van der Waals surface area contributed by atoms with Crippen molar-refractivity contribution in [2.75, 3.05) is 13.1 Å². The maximum Gasteiger partial charge on any atom is 0.133 e. The van der Waals surface area contributed by atoms with E-state index in [1.54, 1.807) is 0 Å². The Labute approximate surface area is 127 Å². The molecule has 0 amide bonds. The van der Waals surface area contributed by atoms with Crippen molar-refractivity contribution >= 4 is 0 Å². The van der Waals surface area contributed by atoms with Crippen LogP contribution in [0.3, 0.4) is 0 Å². The van der Waals surface area contributed by atoms with Crippen LogP contribution in [0.15, 0.2) is 24.5 Å². The molecule has 0 aliphatic carbocycles. The molecule has 0 atom stereocenters. The van der Waals surface area contributed by atoms with Crippen LogP contribution in [-0.4, -0.2) is 28.0 Å². The quantitative estimate of drug-likeness (QED) is 0.794. The van der Waals surface area contributed by atoms with Gasteiger partial charge in [-0.25, -0.2) is 9.97 Å². The number of aryl methyl sites for hydroxylation is 2. The Morgan fingerprint density at radius 1 is 1.05 bits per heavy atom. The highest BCUT2D eigenvalue weighted by atomic mass is 14.9. The predicted molar refractivity (Wildman–Crippen MR) is 85.4 cm³/mol. The molecular weight excluding hydrogens is 260 g/mol. The smallest absolute Gasteiger partial charge is 0.133 e. The van der Waals surface area contributed by atoms with Gasteiger partial charge in [-0.1, -0.05) is 6.92 Å². The van der Waals surface area contributed by atoms with Gasteiger partial charge in [0.25, 0.3) is 0 Å². The summed E-state index contributed by atoms with van der Waals surface area (Å²) < 4.78 is 0. The number of nitrogens with one attached hydrogen (secondary N) is 1. The highest BCUT2D eigenvalue weighted by Crippen LogP contribution is 2.14. The van der Waals surface area contributed by atoms with E-state index in [4.69, 9.17) is 0 Å². The van der Waals surface area contributed by atoms with E-state index in [1.165, 1.54) is 11.1 Å². The van der Waals surface area contributed by atoms with Crippen molar-refractivity contribution < 1.29 is 0 Å². The van der Waals surface area contributed by atoms with Gasteiger partial charge in [-0.2, -0.15) is 0 Å². The standard InChI is InChI=1S/C17H24N4/c1-4-18-9-5-6-16-13(2)20-17(21-14(16)3)12-15-7-10-19-11-8-15/h7-8,10-11,18H,4-6,9,12H2,1-3H3. The molecule has 0 aromatic carbocycles. The molecule has 2 heterocycles. The minimum atomic E-state index is 0.766. The maximum atomic E-state index is 4.68. The van der Waals surface area contributed by atoms with Crippen LogP contribution in [0.5, 0.6) is 0 Å². The van der Waals surface area contributed by atoms with Crippen LogP contribution in [-0.2, 0) is 12.8 Å². The highest BCUT2D eigenvalue weighted by molar-refractivity contribution is 5.26. The van der Waals surface area contributed by atoms with Crippen LogP contribution in [0.2, 0.25) is 0 Å². The molecule has 0 radical (unpaired) electrons. The Kier molecular flexibility index (Phi) is 5.81. The summed E-state index contributed by atoms with van der Waals surface area (Å²) in [4.78, 5) is 13.4. The molecule has 2 rings (SSSR count). The van der Waals surface area contributed by atoms with Gasteiger partial charge in [-0.05, 0) is 63.0 Å². The number of pyridine rings is 1. The Morgan fingerprint density at radius 2 is 1.71 bits per heavy atom. The van der Waals surface area contributed by atoms with Crippen molar-refractivity contribution in [1.29, 1.82) is 0 Å². The van der Waals surface area contributed by atoms with E-state index in [2.05, 4.69) is 41.0 Å². The summed E-state index contributed by atoms with van der Waals surface area (Å²) in [5.74, 6) is 0.895. The molecule has 0 unspecified atom stereocenters. The van der Waals surface area contributed by atoms with Gasteiger partial charge in [0, 0.05) is 30.2 Å². The molecule has 0 aliphatic rings. The average molecular weight is 284 g/mol. The third-order valence-electron chi connectivity index (χ3n) is 3.61. The van der Waals surface area contributed by atoms with Gasteiger partial charge < -0.3 is 5.32 Å². The van der Waals surface area contributed by atoms with E-state index in [9.17, 15) is 0 Å². The fourth-order valence-electron chi connectivity index (χ4n) is 2.50. The van der Waals surface area contributed by atoms with Crippen LogP contribution in [0, 0.1) is 13.8 Å². The van der Waals surface area contributed by atoms with Crippen molar-refractivity contribution in [3.05, 3.63) is 52.9 Å². The Hall–Kier alpha value is -1.81. The molecule has 112 valence electrons. The summed E-state index contributed by atoms with van der Waals surface area (Å²) in [6.07, 6.45) is 6.55. The van der Waals surface area contributed by atoms with Crippen LogP contribution in [0.1, 0.15) is 41.7 Å². The molecule has 2 aromatic heterocycles. The zero-order chi connectivity index (χ0) is 15.1. The summed E-state index contributed by atoms with van der Waals surface area (Å²) in [5, 5.41) is 3.35. The van der Waals surface area contributed by atoms with Gasteiger partial charge in [0.1, 0.15) is 5.82 Å². The maximum absolute atomic E-state index is 4.68. The molecule has 21 heavy (non-hydrogen) atoms. The van der Waals surface area contributed by atoms with E-state index < -0.39 is 0 Å². The van der Waals surface area contributed by atoms with E-state index in [0.29, 0.717) is 0 Å². The Balaban J connectivity index is 2.06. The molecule has 0 saturated carbocycles. The molecule has 2 aromatic rings. The Bertz CT molecular complexity index is 543. The number of nitrogens with zero attached hydrogens (tertiary/aromatic N) is 3. The molecular formula is C17H24N4. The molecule has 0 spiro atoms. The first kappa shape index (κ1) is 15.6. The first-order chi connectivity index (χ1) is 10.2. The van der Waals surface area contributed by atoms with Crippen molar-refractivity contribution in [3.63, 3.8) is 0 Å². The normalized spacial score (nSPS) is 10.8. The summed E-state index contributed by atoms with van der Waals surface area (Å²) in [7, 11) is 0. The minimum absolute atomic E-state index is 0.766. The van der Waals surface area contributed by atoms with Crippen molar-refractivity contribution in [2.45, 2.75) is 40.0 Å². The summed E-state index contributed by atoms with van der Waals surface area (Å²) in [5.41, 5.74) is 4.72. The second-order valence-corrected chi connectivity index (χ2v) is 5.28. The van der Waals surface area contributed by atoms with Gasteiger partial charge in [-0.3, -0.25) is 4.98 Å². The van der Waals surface area contributed by atoms with Crippen molar-refractivity contribution in [1.82, 2.24) is 20.3 Å². The lowest BCUT2D eigenvalue weighted by molar-refractivity contribution is 0.666. The average Bonchev–Trinajstić information content (AvgIpc) is 2.47. The molecule has 1 N–H and O–H groups in total. The summed E-state index contributed by atoms with van der Waals surface area (Å²) >= 11 is 0. The molecule has 0 aliphatic heterocycles. The van der Waals surface area contributed by atoms with Crippen LogP contribution in [0.25, 0.3) is 0 Å². The zero-order valence-corrected chi connectivity index (χ0v) is 13.2. The summed E-state index contributed by atoms with van der Waals surface area (Å²) in [6.45, 7) is 8.39. The fraction of sp³-hybridized carbons (Fsp3) is 0.471. The highest BCUT2D eigenvalue weighted by Gasteiger charge is 2.08. The van der Waals surface area contributed by atoms with E-state index in [0.717, 1.165) is 49.6 Å². The van der Waals surface area contributed by atoms with Crippen LogP contribution >= 0.6 is 0 Å². The third kappa shape index (κ3) is 4.60. The second kappa shape index (κ2) is 7.84.